The van der Waals surface area contributed by atoms with Crippen LogP contribution in [0.4, 0.5) is 0 Å². The predicted octanol–water partition coefficient (Wildman–Crippen LogP) is 1.71. The third-order valence-electron chi connectivity index (χ3n) is 0.254. The molecule has 1 aliphatic rings. The van der Waals surface area contributed by atoms with E-state index in [-0.39, 0.29) is 0 Å². The van der Waals surface area contributed by atoms with Gasteiger partial charge in [0.25, 0.3) is 0 Å². The van der Waals surface area contributed by atoms with Crippen LogP contribution in [0.3, 0.4) is 0 Å². The SMILES string of the molecule is C1SN=NS1. The molecular formula is CH2N2S2. The summed E-state index contributed by atoms with van der Waals surface area (Å²) >= 11 is 2.99. The summed E-state index contributed by atoms with van der Waals surface area (Å²) in [4.78, 5) is 0. The van der Waals surface area contributed by atoms with Crippen LogP contribution in [0.2, 0.25) is 0 Å². The summed E-state index contributed by atoms with van der Waals surface area (Å²) < 4.78 is 7.18. The summed E-state index contributed by atoms with van der Waals surface area (Å²) in [7, 11) is 0. The Morgan fingerprint density at radius 2 is 1.80 bits per heavy atom. The van der Waals surface area contributed by atoms with Crippen LogP contribution in [0.25, 0.3) is 0 Å². The van der Waals surface area contributed by atoms with E-state index in [1.54, 1.807) is 0 Å². The molecule has 1 aliphatic heterocycles. The Labute approximate surface area is 38.7 Å². The molecule has 1 heterocycles. The zero-order valence-electron chi connectivity index (χ0n) is 2.42. The molecule has 0 aromatic rings. The number of hydrogen-bond acceptors (Lipinski definition) is 4. The van der Waals surface area contributed by atoms with Gasteiger partial charge in [-0.15, -0.1) is 9.04 Å². The molecule has 0 aromatic carbocycles. The second-order valence-corrected chi connectivity index (χ2v) is 2.33. The maximum atomic E-state index is 3.59. The van der Waals surface area contributed by atoms with Crippen LogP contribution in [-0.2, 0) is 0 Å². The lowest BCUT2D eigenvalue weighted by Gasteiger charge is -1.61. The molecule has 4 heteroatoms. The van der Waals surface area contributed by atoms with Crippen LogP contribution in [-0.4, -0.2) is 5.08 Å². The Morgan fingerprint density at radius 3 is 2.00 bits per heavy atom. The minimum atomic E-state index is 1.00. The second-order valence-electron chi connectivity index (χ2n) is 0.539. The summed E-state index contributed by atoms with van der Waals surface area (Å²) in [6.45, 7) is 0. The molecule has 2 nitrogen and oxygen atoms in total. The molecule has 0 unspecified atom stereocenters. The van der Waals surface area contributed by atoms with Crippen molar-refractivity contribution in [3.8, 4) is 0 Å². The van der Waals surface area contributed by atoms with Crippen LogP contribution < -0.4 is 0 Å². The van der Waals surface area contributed by atoms with E-state index < -0.39 is 0 Å². The van der Waals surface area contributed by atoms with Crippen LogP contribution in [0.15, 0.2) is 9.04 Å². The first-order chi connectivity index (χ1) is 2.50. The van der Waals surface area contributed by atoms with Crippen LogP contribution in [0.1, 0.15) is 0 Å². The van der Waals surface area contributed by atoms with E-state index in [9.17, 15) is 0 Å². The molecule has 0 saturated heterocycles. The Hall–Kier alpha value is 0.300. The normalized spacial score (nSPS) is 20.8. The molecule has 1 rings (SSSR count). The minimum Gasteiger partial charge on any atom is -0.108 e. The second kappa shape index (κ2) is 1.67. The van der Waals surface area contributed by atoms with Crippen molar-refractivity contribution in [2.75, 3.05) is 5.08 Å². The summed E-state index contributed by atoms with van der Waals surface area (Å²) in [6, 6.07) is 0. The van der Waals surface area contributed by atoms with Crippen LogP contribution >= 0.6 is 23.9 Å². The quantitative estimate of drug-likeness (QED) is 0.439. The lowest BCUT2D eigenvalue weighted by atomic mass is 11.9. The summed E-state index contributed by atoms with van der Waals surface area (Å²) in [6.07, 6.45) is 0. The van der Waals surface area contributed by atoms with Gasteiger partial charge in [0.1, 0.15) is 0 Å². The Morgan fingerprint density at radius 1 is 1.20 bits per heavy atom. The average molecular weight is 106 g/mol. The Kier molecular flexibility index (Phi) is 1.16. The maximum absolute atomic E-state index is 3.59. The van der Waals surface area contributed by atoms with Crippen molar-refractivity contribution in [3.05, 3.63) is 0 Å². The zero-order chi connectivity index (χ0) is 3.54. The van der Waals surface area contributed by atoms with Gasteiger partial charge in [0.2, 0.25) is 0 Å². The van der Waals surface area contributed by atoms with Gasteiger partial charge in [-0.2, -0.15) is 0 Å². The first-order valence-electron chi connectivity index (χ1n) is 1.14. The number of hydrogen-bond donors (Lipinski definition) is 0. The summed E-state index contributed by atoms with van der Waals surface area (Å²) in [5.41, 5.74) is 0. The molecule has 0 aromatic heterocycles. The van der Waals surface area contributed by atoms with Crippen molar-refractivity contribution < 1.29 is 0 Å². The van der Waals surface area contributed by atoms with Gasteiger partial charge < -0.3 is 0 Å². The lowest BCUT2D eigenvalue weighted by molar-refractivity contribution is 1.56. The first kappa shape index (κ1) is 3.49. The van der Waals surface area contributed by atoms with Crippen molar-refractivity contribution in [2.24, 2.45) is 9.04 Å². The smallest absolute Gasteiger partial charge is 0.0866 e. The van der Waals surface area contributed by atoms with E-state index in [2.05, 4.69) is 9.04 Å². The molecule has 0 amide bonds. The Bertz CT molecular complexity index is 45.6. The fourth-order valence-electron chi connectivity index (χ4n) is 0.118. The Balaban J connectivity index is 2.32. The molecule has 0 atom stereocenters. The van der Waals surface area contributed by atoms with E-state index in [0.29, 0.717) is 0 Å². The molecule has 0 fully saturated rings. The van der Waals surface area contributed by atoms with E-state index in [0.717, 1.165) is 5.08 Å². The van der Waals surface area contributed by atoms with E-state index in [4.69, 9.17) is 0 Å². The highest BCUT2D eigenvalue weighted by molar-refractivity contribution is 8.16. The topological polar surface area (TPSA) is 24.7 Å². The van der Waals surface area contributed by atoms with Crippen LogP contribution in [0.5, 0.6) is 0 Å². The third-order valence-corrected chi connectivity index (χ3v) is 1.60. The van der Waals surface area contributed by atoms with Crippen molar-refractivity contribution in [1.82, 2.24) is 0 Å². The van der Waals surface area contributed by atoms with Gasteiger partial charge in [0.15, 0.2) is 0 Å². The van der Waals surface area contributed by atoms with Crippen LogP contribution in [0, 0.1) is 0 Å². The molecule has 28 valence electrons. The number of rotatable bonds is 0. The molecule has 0 saturated carbocycles. The highest BCUT2D eigenvalue weighted by Gasteiger charge is 1.89. The van der Waals surface area contributed by atoms with Crippen molar-refractivity contribution >= 4 is 23.9 Å². The van der Waals surface area contributed by atoms with Crippen molar-refractivity contribution in [1.29, 1.82) is 0 Å². The first-order valence-corrected chi connectivity index (χ1v) is 3.03. The molecule has 0 N–H and O–H groups in total. The van der Waals surface area contributed by atoms with Gasteiger partial charge in [-0.25, -0.2) is 0 Å². The van der Waals surface area contributed by atoms with Crippen molar-refractivity contribution in [2.45, 2.75) is 0 Å². The zero-order valence-corrected chi connectivity index (χ0v) is 4.05. The highest BCUT2D eigenvalue weighted by atomic mass is 32.2. The van der Waals surface area contributed by atoms with E-state index in [1.807, 2.05) is 0 Å². The average Bonchev–Trinajstić information content (AvgIpc) is 1.76. The van der Waals surface area contributed by atoms with Gasteiger partial charge in [-0.1, -0.05) is 0 Å². The van der Waals surface area contributed by atoms with E-state index >= 15 is 0 Å². The third kappa shape index (κ3) is 0.810. The molecule has 5 heavy (non-hydrogen) atoms. The van der Waals surface area contributed by atoms with Gasteiger partial charge in [0, 0.05) is 23.9 Å². The predicted molar refractivity (Wildman–Crippen MR) is 24.9 cm³/mol. The molecule has 0 aliphatic carbocycles. The highest BCUT2D eigenvalue weighted by Crippen LogP contribution is 2.22. The standard InChI is InChI=1S/CH2N2S2/c1-4-2-3-5-1/h1H2. The van der Waals surface area contributed by atoms with Gasteiger partial charge in [0.05, 0.1) is 5.08 Å². The minimum absolute atomic E-state index is 1.00. The van der Waals surface area contributed by atoms with Gasteiger partial charge in [-0.3, -0.25) is 0 Å². The lowest BCUT2D eigenvalue weighted by Crippen LogP contribution is -1.42. The monoisotopic (exact) mass is 106 g/mol. The van der Waals surface area contributed by atoms with Crippen molar-refractivity contribution in [3.63, 3.8) is 0 Å². The largest absolute Gasteiger partial charge is 0.108 e. The van der Waals surface area contributed by atoms with Gasteiger partial charge >= 0.3 is 0 Å². The fraction of sp³-hybridized carbons (Fsp3) is 1.00. The number of nitrogens with zero attached hydrogens (tertiary/aromatic N) is 2. The fourth-order valence-corrected chi connectivity index (χ4v) is 1.06. The molecule has 0 bridgehead atoms. The maximum Gasteiger partial charge on any atom is 0.0866 e. The molecule has 0 spiro atoms. The molecular weight excluding hydrogens is 104 g/mol. The van der Waals surface area contributed by atoms with Gasteiger partial charge in [-0.05, 0) is 0 Å². The summed E-state index contributed by atoms with van der Waals surface area (Å²) in [5, 5.41) is 1.00. The summed E-state index contributed by atoms with van der Waals surface area (Å²) in [5.74, 6) is 0. The van der Waals surface area contributed by atoms with E-state index in [1.165, 1.54) is 23.9 Å². The molecule has 0 radical (unpaired) electrons.